The number of rotatable bonds is 5. The Hall–Kier alpha value is -0.530. The van der Waals surface area contributed by atoms with Gasteiger partial charge in [0, 0.05) is 5.92 Å². The molecule has 11 heavy (non-hydrogen) atoms. The van der Waals surface area contributed by atoms with Gasteiger partial charge >= 0.3 is 0 Å². The standard InChI is InChI=1S/C9H19NO/c1-4-5-6-8(7(2)3)9(10)11/h7-8H,4-6H2,1-3H3,(H2,10,11). The summed E-state index contributed by atoms with van der Waals surface area (Å²) < 4.78 is 0. The minimum atomic E-state index is -0.145. The van der Waals surface area contributed by atoms with E-state index < -0.39 is 0 Å². The summed E-state index contributed by atoms with van der Waals surface area (Å²) in [6.45, 7) is 6.22. The van der Waals surface area contributed by atoms with E-state index in [1.807, 2.05) is 13.8 Å². The summed E-state index contributed by atoms with van der Waals surface area (Å²) in [5, 5.41) is 0. The molecule has 66 valence electrons. The Morgan fingerprint density at radius 1 is 1.45 bits per heavy atom. The average molecular weight is 157 g/mol. The van der Waals surface area contributed by atoms with Gasteiger partial charge in [-0.2, -0.15) is 0 Å². The maximum Gasteiger partial charge on any atom is 0.220 e. The van der Waals surface area contributed by atoms with Crippen LogP contribution in [0.4, 0.5) is 0 Å². The normalized spacial score (nSPS) is 13.5. The zero-order valence-corrected chi connectivity index (χ0v) is 7.76. The second-order valence-corrected chi connectivity index (χ2v) is 3.40. The van der Waals surface area contributed by atoms with Crippen LogP contribution in [0.5, 0.6) is 0 Å². The monoisotopic (exact) mass is 157 g/mol. The SMILES string of the molecule is CCCCC(C(N)=O)C(C)C. The van der Waals surface area contributed by atoms with E-state index in [2.05, 4.69) is 6.92 Å². The number of unbranched alkanes of at least 4 members (excludes halogenated alkanes) is 1. The number of hydrogen-bond acceptors (Lipinski definition) is 1. The molecule has 2 N–H and O–H groups in total. The van der Waals surface area contributed by atoms with Crippen LogP contribution in [0.25, 0.3) is 0 Å². The summed E-state index contributed by atoms with van der Waals surface area (Å²) in [5.41, 5.74) is 5.24. The minimum Gasteiger partial charge on any atom is -0.369 e. The Morgan fingerprint density at radius 2 is 2.00 bits per heavy atom. The second-order valence-electron chi connectivity index (χ2n) is 3.40. The molecule has 0 heterocycles. The molecule has 0 saturated heterocycles. The maximum absolute atomic E-state index is 10.9. The number of carbonyl (C=O) groups excluding carboxylic acids is 1. The van der Waals surface area contributed by atoms with Gasteiger partial charge in [-0.25, -0.2) is 0 Å². The summed E-state index contributed by atoms with van der Waals surface area (Å²) in [4.78, 5) is 10.9. The van der Waals surface area contributed by atoms with Crippen molar-refractivity contribution in [3.63, 3.8) is 0 Å². The fraction of sp³-hybridized carbons (Fsp3) is 0.889. The van der Waals surface area contributed by atoms with Gasteiger partial charge in [0.15, 0.2) is 0 Å². The topological polar surface area (TPSA) is 43.1 Å². The van der Waals surface area contributed by atoms with E-state index in [0.717, 1.165) is 19.3 Å². The molecule has 0 bridgehead atoms. The predicted octanol–water partition coefficient (Wildman–Crippen LogP) is 1.93. The molecular weight excluding hydrogens is 138 g/mol. The second kappa shape index (κ2) is 5.16. The van der Waals surface area contributed by atoms with Crippen molar-refractivity contribution >= 4 is 5.91 Å². The fourth-order valence-corrected chi connectivity index (χ4v) is 1.23. The first-order valence-electron chi connectivity index (χ1n) is 4.38. The van der Waals surface area contributed by atoms with E-state index in [1.165, 1.54) is 0 Å². The fourth-order valence-electron chi connectivity index (χ4n) is 1.23. The molecule has 1 amide bonds. The molecule has 0 saturated carbocycles. The van der Waals surface area contributed by atoms with Gasteiger partial charge in [-0.15, -0.1) is 0 Å². The first-order chi connectivity index (χ1) is 5.09. The Labute approximate surface area is 69.2 Å². The maximum atomic E-state index is 10.9. The molecule has 2 nitrogen and oxygen atoms in total. The van der Waals surface area contributed by atoms with Crippen molar-refractivity contribution in [2.24, 2.45) is 17.6 Å². The molecule has 1 unspecified atom stereocenters. The van der Waals surface area contributed by atoms with Gasteiger partial charge in [-0.05, 0) is 12.3 Å². The highest BCUT2D eigenvalue weighted by Crippen LogP contribution is 2.17. The Morgan fingerprint density at radius 3 is 2.27 bits per heavy atom. The number of hydrogen-bond donors (Lipinski definition) is 1. The molecule has 0 fully saturated rings. The van der Waals surface area contributed by atoms with Crippen molar-refractivity contribution in [2.45, 2.75) is 40.0 Å². The predicted molar refractivity (Wildman–Crippen MR) is 47.0 cm³/mol. The summed E-state index contributed by atoms with van der Waals surface area (Å²) in [6, 6.07) is 0. The Bertz CT molecular complexity index is 121. The number of primary amides is 1. The van der Waals surface area contributed by atoms with Crippen molar-refractivity contribution in [3.8, 4) is 0 Å². The summed E-state index contributed by atoms with van der Waals surface area (Å²) in [7, 11) is 0. The first-order valence-corrected chi connectivity index (χ1v) is 4.38. The lowest BCUT2D eigenvalue weighted by atomic mass is 9.90. The van der Waals surface area contributed by atoms with Gasteiger partial charge in [-0.1, -0.05) is 33.6 Å². The van der Waals surface area contributed by atoms with Gasteiger partial charge in [-0.3, -0.25) is 4.79 Å². The molecule has 0 aromatic heterocycles. The molecule has 2 heteroatoms. The highest BCUT2D eigenvalue weighted by atomic mass is 16.1. The molecule has 0 radical (unpaired) electrons. The van der Waals surface area contributed by atoms with E-state index in [9.17, 15) is 4.79 Å². The summed E-state index contributed by atoms with van der Waals surface area (Å²) in [6.07, 6.45) is 3.19. The van der Waals surface area contributed by atoms with Crippen LogP contribution < -0.4 is 5.73 Å². The summed E-state index contributed by atoms with van der Waals surface area (Å²) >= 11 is 0. The van der Waals surface area contributed by atoms with Crippen LogP contribution in [0.3, 0.4) is 0 Å². The van der Waals surface area contributed by atoms with E-state index >= 15 is 0 Å². The van der Waals surface area contributed by atoms with Crippen molar-refractivity contribution in [1.29, 1.82) is 0 Å². The largest absolute Gasteiger partial charge is 0.369 e. The molecule has 0 aromatic rings. The third-order valence-corrected chi connectivity index (χ3v) is 2.04. The molecular formula is C9H19NO. The lowest BCUT2D eigenvalue weighted by Gasteiger charge is -2.15. The van der Waals surface area contributed by atoms with Crippen LogP contribution in [-0.4, -0.2) is 5.91 Å². The summed E-state index contributed by atoms with van der Waals surface area (Å²) in [5.74, 6) is 0.322. The lowest BCUT2D eigenvalue weighted by molar-refractivity contribution is -0.123. The number of carbonyl (C=O) groups is 1. The van der Waals surface area contributed by atoms with Gasteiger partial charge in [0.1, 0.15) is 0 Å². The first kappa shape index (κ1) is 10.5. The van der Waals surface area contributed by atoms with Gasteiger partial charge in [0.25, 0.3) is 0 Å². The third-order valence-electron chi connectivity index (χ3n) is 2.04. The highest BCUT2D eigenvalue weighted by molar-refractivity contribution is 5.76. The average Bonchev–Trinajstić information content (AvgIpc) is 1.87. The van der Waals surface area contributed by atoms with Crippen LogP contribution in [0.15, 0.2) is 0 Å². The molecule has 0 aliphatic rings. The Kier molecular flexibility index (Phi) is 4.92. The number of nitrogens with two attached hydrogens (primary N) is 1. The molecule has 1 atom stereocenters. The highest BCUT2D eigenvalue weighted by Gasteiger charge is 2.17. The molecule has 0 aromatic carbocycles. The zero-order valence-electron chi connectivity index (χ0n) is 7.76. The Balaban J connectivity index is 3.80. The zero-order chi connectivity index (χ0) is 8.85. The van der Waals surface area contributed by atoms with Gasteiger partial charge in [0.05, 0.1) is 0 Å². The van der Waals surface area contributed by atoms with Crippen molar-refractivity contribution in [3.05, 3.63) is 0 Å². The quantitative estimate of drug-likeness (QED) is 0.651. The van der Waals surface area contributed by atoms with Crippen LogP contribution in [0.2, 0.25) is 0 Å². The number of amides is 1. The van der Waals surface area contributed by atoms with Crippen LogP contribution >= 0.6 is 0 Å². The molecule has 0 spiro atoms. The van der Waals surface area contributed by atoms with Crippen molar-refractivity contribution < 1.29 is 4.79 Å². The van der Waals surface area contributed by atoms with E-state index in [-0.39, 0.29) is 11.8 Å². The smallest absolute Gasteiger partial charge is 0.220 e. The van der Waals surface area contributed by atoms with Gasteiger partial charge < -0.3 is 5.73 Å². The van der Waals surface area contributed by atoms with Gasteiger partial charge in [0.2, 0.25) is 5.91 Å². The van der Waals surface area contributed by atoms with Crippen molar-refractivity contribution in [1.82, 2.24) is 0 Å². The van der Waals surface area contributed by atoms with E-state index in [1.54, 1.807) is 0 Å². The molecule has 0 aliphatic carbocycles. The third kappa shape index (κ3) is 4.02. The minimum absolute atomic E-state index is 0.0787. The molecule has 0 aliphatic heterocycles. The van der Waals surface area contributed by atoms with Crippen LogP contribution in [0, 0.1) is 11.8 Å². The van der Waals surface area contributed by atoms with Crippen molar-refractivity contribution in [2.75, 3.05) is 0 Å². The molecule has 0 rings (SSSR count). The van der Waals surface area contributed by atoms with Crippen LogP contribution in [0.1, 0.15) is 40.0 Å². The van der Waals surface area contributed by atoms with E-state index in [4.69, 9.17) is 5.73 Å². The van der Waals surface area contributed by atoms with Crippen LogP contribution in [-0.2, 0) is 4.79 Å². The lowest BCUT2D eigenvalue weighted by Crippen LogP contribution is -2.27. The van der Waals surface area contributed by atoms with E-state index in [0.29, 0.717) is 5.92 Å².